The van der Waals surface area contributed by atoms with E-state index in [0.717, 1.165) is 32.2 Å². The van der Waals surface area contributed by atoms with Gasteiger partial charge in [0, 0.05) is 25.8 Å². The molecule has 1 aliphatic rings. The van der Waals surface area contributed by atoms with Gasteiger partial charge in [-0.2, -0.15) is 17.0 Å². The van der Waals surface area contributed by atoms with Gasteiger partial charge in [0.1, 0.15) is 0 Å². The minimum atomic E-state index is -3.71. The van der Waals surface area contributed by atoms with Crippen molar-refractivity contribution >= 4 is 21.8 Å². The SMILES string of the molecule is Cc1cc(C)c(NC(=O)CN(C)S(=O)(=O)N2CCc3ccccc3C2)c(C)c1. The third-order valence-electron chi connectivity index (χ3n) is 5.12. The van der Waals surface area contributed by atoms with E-state index in [9.17, 15) is 13.2 Å². The summed E-state index contributed by atoms with van der Waals surface area (Å²) in [7, 11) is -2.26. The number of rotatable bonds is 5. The third-order valence-corrected chi connectivity index (χ3v) is 7.00. The standard InChI is InChI=1S/C21H27N3O3S/c1-15-11-16(2)21(17(3)12-15)22-20(25)14-23(4)28(26,27)24-10-9-18-7-5-6-8-19(18)13-24/h5-8,11-12H,9-10,13-14H2,1-4H3,(H,22,25). The van der Waals surface area contributed by atoms with Crippen molar-refractivity contribution in [1.29, 1.82) is 0 Å². The fourth-order valence-corrected chi connectivity index (χ4v) is 5.00. The quantitative estimate of drug-likeness (QED) is 0.838. The van der Waals surface area contributed by atoms with E-state index in [1.165, 1.54) is 16.9 Å². The average Bonchev–Trinajstić information content (AvgIpc) is 2.64. The van der Waals surface area contributed by atoms with E-state index in [4.69, 9.17) is 0 Å². The largest absolute Gasteiger partial charge is 0.324 e. The van der Waals surface area contributed by atoms with Gasteiger partial charge >= 0.3 is 0 Å². The highest BCUT2D eigenvalue weighted by Gasteiger charge is 2.31. The molecule has 0 unspecified atom stereocenters. The van der Waals surface area contributed by atoms with Crippen molar-refractivity contribution in [2.75, 3.05) is 25.5 Å². The van der Waals surface area contributed by atoms with Gasteiger partial charge in [0.05, 0.1) is 6.54 Å². The molecule has 0 atom stereocenters. The first-order valence-electron chi connectivity index (χ1n) is 9.34. The zero-order chi connectivity index (χ0) is 20.5. The molecule has 1 aliphatic heterocycles. The van der Waals surface area contributed by atoms with E-state index in [1.807, 2.05) is 57.2 Å². The molecule has 0 radical (unpaired) electrons. The highest BCUT2D eigenvalue weighted by Crippen LogP contribution is 2.23. The lowest BCUT2D eigenvalue weighted by atomic mass is 10.0. The molecule has 6 nitrogen and oxygen atoms in total. The fourth-order valence-electron chi connectivity index (χ4n) is 3.70. The molecule has 28 heavy (non-hydrogen) atoms. The van der Waals surface area contributed by atoms with Crippen LogP contribution in [-0.4, -0.2) is 43.1 Å². The maximum atomic E-state index is 12.9. The Hall–Kier alpha value is -2.22. The number of amides is 1. The van der Waals surface area contributed by atoms with Crippen LogP contribution < -0.4 is 5.32 Å². The lowest BCUT2D eigenvalue weighted by Gasteiger charge is -2.31. The highest BCUT2D eigenvalue weighted by atomic mass is 32.2. The maximum absolute atomic E-state index is 12.9. The zero-order valence-electron chi connectivity index (χ0n) is 16.8. The second-order valence-corrected chi connectivity index (χ2v) is 9.47. The molecule has 1 heterocycles. The van der Waals surface area contributed by atoms with E-state index in [0.29, 0.717) is 19.5 Å². The number of carbonyl (C=O) groups is 1. The molecule has 1 amide bonds. The van der Waals surface area contributed by atoms with Crippen molar-refractivity contribution in [2.45, 2.75) is 33.7 Å². The Balaban J connectivity index is 1.68. The Morgan fingerprint density at radius 1 is 1.11 bits per heavy atom. The normalized spacial score (nSPS) is 14.8. The van der Waals surface area contributed by atoms with Gasteiger partial charge in [-0.3, -0.25) is 4.79 Å². The number of benzene rings is 2. The van der Waals surface area contributed by atoms with Crippen LogP contribution in [0.1, 0.15) is 27.8 Å². The van der Waals surface area contributed by atoms with E-state index in [2.05, 4.69) is 5.32 Å². The average molecular weight is 402 g/mol. The first-order valence-corrected chi connectivity index (χ1v) is 10.7. The minimum Gasteiger partial charge on any atom is -0.324 e. The number of nitrogens with zero attached hydrogens (tertiary/aromatic N) is 2. The Labute approximate surface area is 167 Å². The molecule has 2 aromatic rings. The van der Waals surface area contributed by atoms with Gasteiger partial charge in [0.2, 0.25) is 5.91 Å². The van der Waals surface area contributed by atoms with Gasteiger partial charge in [0.15, 0.2) is 0 Å². The summed E-state index contributed by atoms with van der Waals surface area (Å²) in [6, 6.07) is 11.9. The van der Waals surface area contributed by atoms with Gasteiger partial charge < -0.3 is 5.32 Å². The zero-order valence-corrected chi connectivity index (χ0v) is 17.6. The predicted octanol–water partition coefficient (Wildman–Crippen LogP) is 2.79. The van der Waals surface area contributed by atoms with E-state index >= 15 is 0 Å². The smallest absolute Gasteiger partial charge is 0.282 e. The molecule has 1 N–H and O–H groups in total. The molecule has 2 aromatic carbocycles. The van der Waals surface area contributed by atoms with Crippen LogP contribution in [0.15, 0.2) is 36.4 Å². The summed E-state index contributed by atoms with van der Waals surface area (Å²) in [6.45, 7) is 6.39. The molecule has 0 spiro atoms. The number of likely N-dealkylation sites (N-methyl/N-ethyl adjacent to an activating group) is 1. The lowest BCUT2D eigenvalue weighted by molar-refractivity contribution is -0.116. The molecule has 0 saturated heterocycles. The van der Waals surface area contributed by atoms with Crippen LogP contribution >= 0.6 is 0 Å². The Morgan fingerprint density at radius 2 is 1.71 bits per heavy atom. The summed E-state index contributed by atoms with van der Waals surface area (Å²) < 4.78 is 28.4. The Morgan fingerprint density at radius 3 is 2.36 bits per heavy atom. The Bertz CT molecular complexity index is 979. The molecule has 0 fully saturated rings. The molecule has 0 aromatic heterocycles. The first kappa shape index (κ1) is 20.5. The molecule has 0 saturated carbocycles. The van der Waals surface area contributed by atoms with Crippen LogP contribution in [0.25, 0.3) is 0 Å². The van der Waals surface area contributed by atoms with Crippen LogP contribution in [0.3, 0.4) is 0 Å². The lowest BCUT2D eigenvalue weighted by Crippen LogP contribution is -2.46. The number of nitrogens with one attached hydrogen (secondary N) is 1. The van der Waals surface area contributed by atoms with Gasteiger partial charge in [-0.1, -0.05) is 42.0 Å². The monoisotopic (exact) mass is 401 g/mol. The van der Waals surface area contributed by atoms with Gasteiger partial charge in [-0.25, -0.2) is 0 Å². The number of aryl methyl sites for hydroxylation is 3. The van der Waals surface area contributed by atoms with Crippen LogP contribution in [0.2, 0.25) is 0 Å². The van der Waals surface area contributed by atoms with Crippen molar-refractivity contribution in [1.82, 2.24) is 8.61 Å². The summed E-state index contributed by atoms with van der Waals surface area (Å²) in [5, 5.41) is 2.86. The van der Waals surface area contributed by atoms with Crippen LogP contribution in [0, 0.1) is 20.8 Å². The third kappa shape index (κ3) is 4.27. The summed E-state index contributed by atoms with van der Waals surface area (Å²) in [5.41, 5.74) is 5.99. The second-order valence-electron chi connectivity index (χ2n) is 7.44. The molecule has 0 aliphatic carbocycles. The van der Waals surface area contributed by atoms with Crippen LogP contribution in [0.5, 0.6) is 0 Å². The number of fused-ring (bicyclic) bond motifs is 1. The van der Waals surface area contributed by atoms with Crippen molar-refractivity contribution in [3.8, 4) is 0 Å². The van der Waals surface area contributed by atoms with Crippen LogP contribution in [0.4, 0.5) is 5.69 Å². The number of anilines is 1. The van der Waals surface area contributed by atoms with Gasteiger partial charge in [-0.05, 0) is 49.4 Å². The molecule has 0 bridgehead atoms. The summed E-state index contributed by atoms with van der Waals surface area (Å²) >= 11 is 0. The molecular weight excluding hydrogens is 374 g/mol. The second kappa shape index (κ2) is 8.03. The highest BCUT2D eigenvalue weighted by molar-refractivity contribution is 7.86. The predicted molar refractivity (Wildman–Crippen MR) is 111 cm³/mol. The summed E-state index contributed by atoms with van der Waals surface area (Å²) in [4.78, 5) is 12.5. The van der Waals surface area contributed by atoms with Crippen molar-refractivity contribution in [3.63, 3.8) is 0 Å². The first-order chi connectivity index (χ1) is 13.2. The number of hydrogen-bond acceptors (Lipinski definition) is 3. The molecule has 150 valence electrons. The van der Waals surface area contributed by atoms with E-state index in [1.54, 1.807) is 0 Å². The number of hydrogen-bond donors (Lipinski definition) is 1. The molecule has 3 rings (SSSR count). The topological polar surface area (TPSA) is 69.7 Å². The van der Waals surface area contributed by atoms with Gasteiger partial charge in [-0.15, -0.1) is 0 Å². The molecule has 7 heteroatoms. The van der Waals surface area contributed by atoms with Crippen molar-refractivity contribution < 1.29 is 13.2 Å². The number of carbonyl (C=O) groups excluding carboxylic acids is 1. The summed E-state index contributed by atoms with van der Waals surface area (Å²) in [6.07, 6.45) is 0.678. The van der Waals surface area contributed by atoms with E-state index < -0.39 is 10.2 Å². The summed E-state index contributed by atoms with van der Waals surface area (Å²) in [5.74, 6) is -0.349. The van der Waals surface area contributed by atoms with E-state index in [-0.39, 0.29) is 12.5 Å². The van der Waals surface area contributed by atoms with Gasteiger partial charge in [0.25, 0.3) is 10.2 Å². The maximum Gasteiger partial charge on any atom is 0.282 e. The minimum absolute atomic E-state index is 0.229. The fraction of sp³-hybridized carbons (Fsp3) is 0.381. The van der Waals surface area contributed by atoms with Crippen LogP contribution in [-0.2, 0) is 28.0 Å². The van der Waals surface area contributed by atoms with Crippen molar-refractivity contribution in [3.05, 3.63) is 64.2 Å². The molecular formula is C21H27N3O3S. The van der Waals surface area contributed by atoms with Crippen molar-refractivity contribution in [2.24, 2.45) is 0 Å². The Kier molecular flexibility index (Phi) is 5.88.